The van der Waals surface area contributed by atoms with Crippen molar-refractivity contribution in [3.8, 4) is 11.6 Å². The van der Waals surface area contributed by atoms with E-state index < -0.39 is 11.6 Å². The van der Waals surface area contributed by atoms with E-state index in [0.29, 0.717) is 10.2 Å². The fourth-order valence-corrected chi connectivity index (χ4v) is 1.84. The van der Waals surface area contributed by atoms with Crippen LogP contribution >= 0.6 is 15.9 Å². The van der Waals surface area contributed by atoms with Crippen molar-refractivity contribution < 1.29 is 13.5 Å². The molecule has 2 nitrogen and oxygen atoms in total. The van der Waals surface area contributed by atoms with Crippen molar-refractivity contribution >= 4 is 15.9 Å². The number of nitrogens with zero attached hydrogens (tertiary/aromatic N) is 1. The van der Waals surface area contributed by atoms with Crippen LogP contribution in [0.2, 0.25) is 0 Å². The van der Waals surface area contributed by atoms with Gasteiger partial charge in [0.1, 0.15) is 11.6 Å². The molecule has 1 heterocycles. The van der Waals surface area contributed by atoms with Gasteiger partial charge in [0.2, 0.25) is 0 Å². The van der Waals surface area contributed by atoms with Gasteiger partial charge in [-0.2, -0.15) is 0 Å². The first-order valence-electron chi connectivity index (χ1n) is 4.81. The van der Waals surface area contributed by atoms with Crippen LogP contribution in [0, 0.1) is 18.6 Å². The van der Waals surface area contributed by atoms with Gasteiger partial charge in [0.15, 0.2) is 5.82 Å². The lowest BCUT2D eigenvalue weighted by Gasteiger charge is -2.07. The molecule has 2 rings (SSSR count). The number of ether oxygens (including phenoxy) is 1. The molecule has 0 spiro atoms. The molecule has 5 heteroatoms. The maximum atomic E-state index is 13.3. The summed E-state index contributed by atoms with van der Waals surface area (Å²) in [6.45, 7) is 1.92. The Kier molecular flexibility index (Phi) is 3.38. The number of pyridine rings is 1. The summed E-state index contributed by atoms with van der Waals surface area (Å²) >= 11 is 3.29. The summed E-state index contributed by atoms with van der Waals surface area (Å²) in [5.41, 5.74) is 1.04. The van der Waals surface area contributed by atoms with Gasteiger partial charge in [0.25, 0.3) is 5.88 Å². The molecule has 0 aliphatic heterocycles. The van der Waals surface area contributed by atoms with Gasteiger partial charge in [-0.1, -0.05) is 6.07 Å². The quantitative estimate of drug-likeness (QED) is 0.828. The fraction of sp³-hybridized carbons (Fsp3) is 0.0833. The van der Waals surface area contributed by atoms with Crippen LogP contribution in [0.15, 0.2) is 34.9 Å². The van der Waals surface area contributed by atoms with E-state index >= 15 is 0 Å². The molecule has 0 aliphatic rings. The van der Waals surface area contributed by atoms with Crippen molar-refractivity contribution in [1.82, 2.24) is 4.98 Å². The number of hydrogen-bond donors (Lipinski definition) is 0. The molecule has 0 N–H and O–H groups in total. The Balaban J connectivity index is 2.31. The molecule has 88 valence electrons. The predicted molar refractivity (Wildman–Crippen MR) is 63.1 cm³/mol. The van der Waals surface area contributed by atoms with Crippen LogP contribution in [-0.4, -0.2) is 4.98 Å². The summed E-state index contributed by atoms with van der Waals surface area (Å²) in [7, 11) is 0. The second-order valence-corrected chi connectivity index (χ2v) is 4.33. The normalized spacial score (nSPS) is 10.4. The van der Waals surface area contributed by atoms with Gasteiger partial charge < -0.3 is 4.74 Å². The van der Waals surface area contributed by atoms with Gasteiger partial charge in [0.05, 0.1) is 10.7 Å². The highest BCUT2D eigenvalue weighted by molar-refractivity contribution is 9.10. The summed E-state index contributed by atoms with van der Waals surface area (Å²) in [5.74, 6) is -1.40. The maximum absolute atomic E-state index is 13.3. The third-order valence-electron chi connectivity index (χ3n) is 2.07. The van der Waals surface area contributed by atoms with Crippen LogP contribution in [0.3, 0.4) is 0 Å². The van der Waals surface area contributed by atoms with Gasteiger partial charge >= 0.3 is 0 Å². The molecule has 1 aromatic heterocycles. The molecule has 2 aromatic rings. The molecule has 17 heavy (non-hydrogen) atoms. The maximum Gasteiger partial charge on any atom is 0.256 e. The zero-order chi connectivity index (χ0) is 12.4. The van der Waals surface area contributed by atoms with Gasteiger partial charge in [-0.25, -0.2) is 13.8 Å². The summed E-state index contributed by atoms with van der Waals surface area (Å²) in [6, 6.07) is 6.06. The average molecular weight is 300 g/mol. The summed E-state index contributed by atoms with van der Waals surface area (Å²) in [6.07, 6.45) is 0.903. The summed E-state index contributed by atoms with van der Waals surface area (Å²) in [5, 5.41) is 0. The van der Waals surface area contributed by atoms with E-state index in [9.17, 15) is 8.78 Å². The Labute approximate surface area is 105 Å². The van der Waals surface area contributed by atoms with Crippen LogP contribution in [0.5, 0.6) is 11.6 Å². The van der Waals surface area contributed by atoms with Crippen molar-refractivity contribution in [2.75, 3.05) is 0 Å². The van der Waals surface area contributed by atoms with Crippen molar-refractivity contribution in [1.29, 1.82) is 0 Å². The second kappa shape index (κ2) is 4.79. The number of hydrogen-bond acceptors (Lipinski definition) is 2. The van der Waals surface area contributed by atoms with Crippen molar-refractivity contribution in [3.63, 3.8) is 0 Å². The molecule has 0 aliphatic carbocycles. The molecule has 0 amide bonds. The van der Waals surface area contributed by atoms with Crippen LogP contribution < -0.4 is 4.74 Å². The zero-order valence-corrected chi connectivity index (χ0v) is 10.5. The molecule has 0 bridgehead atoms. The van der Waals surface area contributed by atoms with Crippen LogP contribution in [0.1, 0.15) is 5.56 Å². The lowest BCUT2D eigenvalue weighted by atomic mass is 10.2. The number of aryl methyl sites for hydroxylation is 1. The molecule has 0 saturated heterocycles. The molecule has 0 atom stereocenters. The number of aromatic nitrogens is 1. The van der Waals surface area contributed by atoms with Gasteiger partial charge in [0, 0.05) is 6.07 Å². The number of rotatable bonds is 2. The Bertz CT molecular complexity index is 511. The largest absolute Gasteiger partial charge is 0.435 e. The number of benzene rings is 1. The Morgan fingerprint density at radius 2 is 2.00 bits per heavy atom. The van der Waals surface area contributed by atoms with Gasteiger partial charge in [-0.05, 0) is 40.5 Å². The van der Waals surface area contributed by atoms with Gasteiger partial charge in [-0.15, -0.1) is 0 Å². The van der Waals surface area contributed by atoms with Gasteiger partial charge in [-0.3, -0.25) is 0 Å². The molecular weight excluding hydrogens is 292 g/mol. The lowest BCUT2D eigenvalue weighted by molar-refractivity contribution is 0.414. The Morgan fingerprint density at radius 3 is 2.65 bits per heavy atom. The minimum Gasteiger partial charge on any atom is -0.435 e. The van der Waals surface area contributed by atoms with E-state index in [1.165, 1.54) is 0 Å². The fourth-order valence-electron chi connectivity index (χ4n) is 1.27. The zero-order valence-electron chi connectivity index (χ0n) is 8.88. The lowest BCUT2D eigenvalue weighted by Crippen LogP contribution is -1.94. The highest BCUT2D eigenvalue weighted by Crippen LogP contribution is 2.30. The van der Waals surface area contributed by atoms with Crippen molar-refractivity contribution in [3.05, 3.63) is 52.1 Å². The molecular formula is C12H8BrF2NO. The highest BCUT2D eigenvalue weighted by atomic mass is 79.9. The Hall–Kier alpha value is -1.49. The third-order valence-corrected chi connectivity index (χ3v) is 2.69. The van der Waals surface area contributed by atoms with Crippen LogP contribution in [0.4, 0.5) is 8.78 Å². The topological polar surface area (TPSA) is 22.1 Å². The smallest absolute Gasteiger partial charge is 0.256 e. The molecule has 0 fully saturated rings. The minimum absolute atomic E-state index is 0.254. The molecule has 0 unspecified atom stereocenters. The Morgan fingerprint density at radius 1 is 1.24 bits per heavy atom. The molecule has 0 radical (unpaired) electrons. The van der Waals surface area contributed by atoms with E-state index in [-0.39, 0.29) is 5.88 Å². The summed E-state index contributed by atoms with van der Waals surface area (Å²) in [4.78, 5) is 3.54. The monoisotopic (exact) mass is 299 g/mol. The first-order chi connectivity index (χ1) is 8.06. The first kappa shape index (κ1) is 12.0. The number of halogens is 3. The minimum atomic E-state index is -0.836. The van der Waals surface area contributed by atoms with E-state index in [0.717, 1.165) is 17.8 Å². The predicted octanol–water partition coefficient (Wildman–Crippen LogP) is 4.22. The summed E-state index contributed by atoms with van der Waals surface area (Å²) < 4.78 is 31.9. The van der Waals surface area contributed by atoms with Crippen molar-refractivity contribution in [2.24, 2.45) is 0 Å². The van der Waals surface area contributed by atoms with E-state index in [1.807, 2.05) is 19.1 Å². The highest BCUT2D eigenvalue weighted by Gasteiger charge is 2.10. The standard InChI is InChI=1S/C12H8BrF2NO/c1-7-2-3-11(9(13)4-7)17-12-10(15)5-8(14)6-16-12/h2-6H,1H3. The molecule has 0 saturated carbocycles. The average Bonchev–Trinajstić information content (AvgIpc) is 2.25. The third kappa shape index (κ3) is 2.79. The first-order valence-corrected chi connectivity index (χ1v) is 5.60. The SMILES string of the molecule is Cc1ccc(Oc2ncc(F)cc2F)c(Br)c1. The van der Waals surface area contributed by atoms with Crippen LogP contribution in [-0.2, 0) is 0 Å². The van der Waals surface area contributed by atoms with Crippen molar-refractivity contribution in [2.45, 2.75) is 6.92 Å². The molecule has 1 aromatic carbocycles. The van der Waals surface area contributed by atoms with E-state index in [4.69, 9.17) is 4.74 Å². The second-order valence-electron chi connectivity index (χ2n) is 3.48. The van der Waals surface area contributed by atoms with E-state index in [2.05, 4.69) is 20.9 Å². The van der Waals surface area contributed by atoms with E-state index in [1.54, 1.807) is 6.07 Å². The van der Waals surface area contributed by atoms with Crippen LogP contribution in [0.25, 0.3) is 0 Å².